The van der Waals surface area contributed by atoms with Gasteiger partial charge >= 0.3 is 0 Å². The molecule has 2 nitrogen and oxygen atoms in total. The van der Waals surface area contributed by atoms with Crippen LogP contribution in [0.4, 0.5) is 0 Å². The van der Waals surface area contributed by atoms with Crippen molar-refractivity contribution in [2.45, 2.75) is 39.7 Å². The van der Waals surface area contributed by atoms with E-state index in [-0.39, 0.29) is 5.54 Å². The normalized spacial score (nSPS) is 22.9. The average Bonchev–Trinajstić information content (AvgIpc) is 2.44. The summed E-state index contributed by atoms with van der Waals surface area (Å²) in [6.45, 7) is 13.9. The van der Waals surface area contributed by atoms with E-state index >= 15 is 0 Å². The summed E-state index contributed by atoms with van der Waals surface area (Å²) in [5, 5.41) is 3.70. The van der Waals surface area contributed by atoms with Crippen LogP contribution in [-0.4, -0.2) is 36.6 Å². The van der Waals surface area contributed by atoms with Gasteiger partial charge in [-0.2, -0.15) is 0 Å². The predicted molar refractivity (Wildman–Crippen MR) is 82.4 cm³/mol. The van der Waals surface area contributed by atoms with Gasteiger partial charge in [-0.05, 0) is 31.2 Å². The minimum Gasteiger partial charge on any atom is -0.310 e. The second-order valence-electron chi connectivity index (χ2n) is 7.35. The minimum atomic E-state index is 0.213. The lowest BCUT2D eigenvalue weighted by molar-refractivity contribution is 0.193. The average molecular weight is 260 g/mol. The molecule has 1 aliphatic heterocycles. The second kappa shape index (κ2) is 5.64. The number of rotatable bonds is 3. The lowest BCUT2D eigenvalue weighted by Crippen LogP contribution is -2.46. The Bertz CT molecular complexity index is 377. The van der Waals surface area contributed by atoms with E-state index in [2.05, 4.69) is 68.2 Å². The van der Waals surface area contributed by atoms with Crippen molar-refractivity contribution in [1.29, 1.82) is 0 Å². The van der Waals surface area contributed by atoms with Crippen LogP contribution in [0.3, 0.4) is 0 Å². The summed E-state index contributed by atoms with van der Waals surface area (Å²) in [6.07, 6.45) is 1.15. The van der Waals surface area contributed by atoms with Gasteiger partial charge in [-0.3, -0.25) is 0 Å². The van der Waals surface area contributed by atoms with Crippen molar-refractivity contribution in [1.82, 2.24) is 10.2 Å². The quantitative estimate of drug-likeness (QED) is 0.899. The van der Waals surface area contributed by atoms with Crippen LogP contribution < -0.4 is 5.32 Å². The molecule has 1 heterocycles. The second-order valence-corrected chi connectivity index (χ2v) is 7.35. The highest BCUT2D eigenvalue weighted by atomic mass is 15.2. The van der Waals surface area contributed by atoms with Gasteiger partial charge in [0.2, 0.25) is 0 Å². The van der Waals surface area contributed by atoms with E-state index in [1.165, 1.54) is 12.1 Å². The van der Waals surface area contributed by atoms with E-state index in [4.69, 9.17) is 0 Å². The van der Waals surface area contributed by atoms with E-state index in [0.29, 0.717) is 5.41 Å². The summed E-state index contributed by atoms with van der Waals surface area (Å²) in [4.78, 5) is 2.62. The van der Waals surface area contributed by atoms with Gasteiger partial charge in [0.15, 0.2) is 0 Å². The Morgan fingerprint density at radius 3 is 2.42 bits per heavy atom. The first-order chi connectivity index (χ1) is 8.86. The Morgan fingerprint density at radius 1 is 1.05 bits per heavy atom. The molecule has 1 aliphatic rings. The first-order valence-corrected chi connectivity index (χ1v) is 7.38. The lowest BCUT2D eigenvalue weighted by Gasteiger charge is -2.30. The first-order valence-electron chi connectivity index (χ1n) is 7.38. The topological polar surface area (TPSA) is 15.3 Å². The largest absolute Gasteiger partial charge is 0.310 e. The van der Waals surface area contributed by atoms with Crippen molar-refractivity contribution in [2.75, 3.05) is 26.2 Å². The number of nitrogens with one attached hydrogen (secondary N) is 1. The molecule has 106 valence electrons. The molecule has 0 amide bonds. The van der Waals surface area contributed by atoms with Crippen molar-refractivity contribution in [2.24, 2.45) is 5.41 Å². The van der Waals surface area contributed by atoms with E-state index in [9.17, 15) is 0 Å². The minimum absolute atomic E-state index is 0.213. The molecular weight excluding hydrogens is 232 g/mol. The zero-order valence-corrected chi connectivity index (χ0v) is 12.9. The highest BCUT2D eigenvalue weighted by molar-refractivity contribution is 5.15. The SMILES string of the molecule is CC1(C)CNC(C)(C)CN(CCc2ccccc2)C1. The van der Waals surface area contributed by atoms with Crippen LogP contribution in [0.25, 0.3) is 0 Å². The molecule has 19 heavy (non-hydrogen) atoms. The van der Waals surface area contributed by atoms with Gasteiger partial charge in [0.1, 0.15) is 0 Å². The fourth-order valence-electron chi connectivity index (χ4n) is 2.90. The standard InChI is InChI=1S/C17H28N2/c1-16(2)12-18-17(3,4)14-19(13-16)11-10-15-8-6-5-7-9-15/h5-9,18H,10-14H2,1-4H3. The van der Waals surface area contributed by atoms with Crippen LogP contribution in [0.5, 0.6) is 0 Å². The molecule has 0 saturated carbocycles. The zero-order valence-electron chi connectivity index (χ0n) is 12.9. The number of benzene rings is 1. The van der Waals surface area contributed by atoms with Crippen molar-refractivity contribution < 1.29 is 0 Å². The summed E-state index contributed by atoms with van der Waals surface area (Å²) in [6, 6.07) is 10.8. The van der Waals surface area contributed by atoms with Gasteiger partial charge in [0, 0.05) is 31.7 Å². The van der Waals surface area contributed by atoms with Gasteiger partial charge in [0.05, 0.1) is 0 Å². The van der Waals surface area contributed by atoms with E-state index in [1.807, 2.05) is 0 Å². The molecule has 2 heteroatoms. The Balaban J connectivity index is 1.97. The van der Waals surface area contributed by atoms with Crippen molar-refractivity contribution in [3.8, 4) is 0 Å². The Labute approximate surface area is 118 Å². The molecule has 1 saturated heterocycles. The molecule has 0 aliphatic carbocycles. The summed E-state index contributed by atoms with van der Waals surface area (Å²) in [5.41, 5.74) is 2.00. The first kappa shape index (κ1) is 14.5. The van der Waals surface area contributed by atoms with Crippen LogP contribution in [0.2, 0.25) is 0 Å². The Morgan fingerprint density at radius 2 is 1.74 bits per heavy atom. The summed E-state index contributed by atoms with van der Waals surface area (Å²) in [5.74, 6) is 0. The van der Waals surface area contributed by atoms with Crippen LogP contribution in [0.15, 0.2) is 30.3 Å². The van der Waals surface area contributed by atoms with Gasteiger partial charge in [-0.15, -0.1) is 0 Å². The van der Waals surface area contributed by atoms with Gasteiger partial charge in [-0.1, -0.05) is 44.2 Å². The highest BCUT2D eigenvalue weighted by Gasteiger charge is 2.32. The Hall–Kier alpha value is -0.860. The number of hydrogen-bond acceptors (Lipinski definition) is 2. The number of nitrogens with zero attached hydrogens (tertiary/aromatic N) is 1. The molecule has 1 aromatic rings. The monoisotopic (exact) mass is 260 g/mol. The number of hydrogen-bond donors (Lipinski definition) is 1. The van der Waals surface area contributed by atoms with Crippen molar-refractivity contribution in [3.05, 3.63) is 35.9 Å². The molecule has 1 fully saturated rings. The summed E-state index contributed by atoms with van der Waals surface area (Å²) < 4.78 is 0. The van der Waals surface area contributed by atoms with Gasteiger partial charge in [-0.25, -0.2) is 0 Å². The van der Waals surface area contributed by atoms with E-state index in [0.717, 1.165) is 26.1 Å². The van der Waals surface area contributed by atoms with Crippen LogP contribution in [0.1, 0.15) is 33.3 Å². The summed E-state index contributed by atoms with van der Waals surface area (Å²) >= 11 is 0. The molecule has 0 unspecified atom stereocenters. The molecule has 0 radical (unpaired) electrons. The maximum atomic E-state index is 3.70. The zero-order chi connectivity index (χ0) is 13.9. The molecule has 2 rings (SSSR count). The molecule has 1 aromatic carbocycles. The smallest absolute Gasteiger partial charge is 0.0252 e. The highest BCUT2D eigenvalue weighted by Crippen LogP contribution is 2.23. The maximum absolute atomic E-state index is 3.70. The molecule has 0 aromatic heterocycles. The summed E-state index contributed by atoms with van der Waals surface area (Å²) in [7, 11) is 0. The molecule has 0 bridgehead atoms. The Kier molecular flexibility index (Phi) is 4.32. The third kappa shape index (κ3) is 4.63. The van der Waals surface area contributed by atoms with Gasteiger partial charge < -0.3 is 10.2 Å². The van der Waals surface area contributed by atoms with Crippen molar-refractivity contribution >= 4 is 0 Å². The predicted octanol–water partition coefficient (Wildman–Crippen LogP) is 2.94. The third-order valence-corrected chi connectivity index (χ3v) is 3.88. The third-order valence-electron chi connectivity index (χ3n) is 3.88. The fourth-order valence-corrected chi connectivity index (χ4v) is 2.90. The maximum Gasteiger partial charge on any atom is 0.0252 e. The molecule has 1 N–H and O–H groups in total. The van der Waals surface area contributed by atoms with Crippen LogP contribution in [0, 0.1) is 5.41 Å². The van der Waals surface area contributed by atoms with E-state index < -0.39 is 0 Å². The van der Waals surface area contributed by atoms with Crippen molar-refractivity contribution in [3.63, 3.8) is 0 Å². The van der Waals surface area contributed by atoms with Crippen LogP contribution >= 0.6 is 0 Å². The van der Waals surface area contributed by atoms with Crippen LogP contribution in [-0.2, 0) is 6.42 Å². The fraction of sp³-hybridized carbons (Fsp3) is 0.647. The molecule has 0 spiro atoms. The molecule has 0 atom stereocenters. The van der Waals surface area contributed by atoms with E-state index in [1.54, 1.807) is 0 Å². The molecular formula is C17H28N2. The van der Waals surface area contributed by atoms with Gasteiger partial charge in [0.25, 0.3) is 0 Å². The lowest BCUT2D eigenvalue weighted by atomic mass is 9.93.